The number of anilines is 2. The lowest BCUT2D eigenvalue weighted by atomic mass is 9.71. The Morgan fingerprint density at radius 2 is 1.44 bits per heavy atom. The molecule has 45 heavy (non-hydrogen) atoms. The van der Waals surface area contributed by atoms with Gasteiger partial charge in [0, 0.05) is 57.2 Å². The predicted octanol–water partition coefficient (Wildman–Crippen LogP) is 11.1. The number of hydrogen-bond donors (Lipinski definition) is 2. The van der Waals surface area contributed by atoms with Crippen molar-refractivity contribution in [1.82, 2.24) is 9.97 Å². The van der Waals surface area contributed by atoms with Crippen LogP contribution in [0.5, 0.6) is 0 Å². The summed E-state index contributed by atoms with van der Waals surface area (Å²) in [6.07, 6.45) is 16.9. The predicted molar refractivity (Wildman–Crippen MR) is 200 cm³/mol. The molecule has 2 unspecified atom stereocenters. The van der Waals surface area contributed by atoms with Crippen molar-refractivity contribution < 1.29 is 0 Å². The van der Waals surface area contributed by atoms with Crippen molar-refractivity contribution in [2.45, 2.75) is 89.9 Å². The van der Waals surface area contributed by atoms with Crippen LogP contribution in [0.4, 0.5) is 11.4 Å². The summed E-state index contributed by atoms with van der Waals surface area (Å²) in [7, 11) is 0. The lowest BCUT2D eigenvalue weighted by Gasteiger charge is -2.36. The molecule has 2 bridgehead atoms. The van der Waals surface area contributed by atoms with Gasteiger partial charge in [-0.05, 0) is 106 Å². The fourth-order valence-electron chi connectivity index (χ4n) is 7.86. The highest BCUT2D eigenvalue weighted by Gasteiger charge is 2.33. The van der Waals surface area contributed by atoms with Gasteiger partial charge >= 0.3 is 0 Å². The minimum Gasteiger partial charge on any atom is -0.384 e. The molecular weight excluding hydrogens is 642 g/mol. The molecule has 2 heterocycles. The molecule has 2 aromatic heterocycles. The Hall–Kier alpha value is -2.24. The SMILES string of the molecule is CC1=CC2Cc3nc4cc(Cl)ccc4c(NCCCCCCCNc4c5c(nc6ccccc46)CCCC5)c3C(C1)C2.Cl.Cl.Cl. The molecule has 7 rings (SSSR count). The van der Waals surface area contributed by atoms with E-state index in [2.05, 4.69) is 54.0 Å². The van der Waals surface area contributed by atoms with Crippen LogP contribution in [0.2, 0.25) is 5.02 Å². The van der Waals surface area contributed by atoms with Gasteiger partial charge in [-0.3, -0.25) is 9.97 Å². The Morgan fingerprint density at radius 1 is 0.756 bits per heavy atom. The molecule has 4 aromatic rings. The second-order valence-electron chi connectivity index (χ2n) is 12.9. The molecule has 0 radical (unpaired) electrons. The molecule has 0 fully saturated rings. The zero-order valence-electron chi connectivity index (χ0n) is 26.2. The van der Waals surface area contributed by atoms with E-state index < -0.39 is 0 Å². The number of aryl methyl sites for hydroxylation is 1. The van der Waals surface area contributed by atoms with Crippen LogP contribution >= 0.6 is 48.8 Å². The third-order valence-electron chi connectivity index (χ3n) is 9.73. The van der Waals surface area contributed by atoms with Crippen LogP contribution in [0.15, 0.2) is 54.1 Å². The highest BCUT2D eigenvalue weighted by Crippen LogP contribution is 2.47. The summed E-state index contributed by atoms with van der Waals surface area (Å²) >= 11 is 6.38. The average Bonchev–Trinajstić information content (AvgIpc) is 2.98. The minimum atomic E-state index is 0. The van der Waals surface area contributed by atoms with Crippen LogP contribution in [0.1, 0.15) is 93.1 Å². The second-order valence-corrected chi connectivity index (χ2v) is 13.3. The molecule has 0 aliphatic heterocycles. The number of unbranched alkanes of at least 4 members (excludes halogenated alkanes) is 4. The van der Waals surface area contributed by atoms with E-state index in [4.69, 9.17) is 21.6 Å². The van der Waals surface area contributed by atoms with Crippen LogP contribution < -0.4 is 10.6 Å². The Morgan fingerprint density at radius 3 is 2.27 bits per heavy atom. The van der Waals surface area contributed by atoms with Gasteiger partial charge in [0.1, 0.15) is 0 Å². The van der Waals surface area contributed by atoms with E-state index in [-0.39, 0.29) is 37.2 Å². The third kappa shape index (κ3) is 7.67. The molecule has 0 amide bonds. The van der Waals surface area contributed by atoms with Crippen molar-refractivity contribution in [2.24, 2.45) is 5.92 Å². The number of nitrogens with one attached hydrogen (secondary N) is 2. The first-order chi connectivity index (χ1) is 20.6. The van der Waals surface area contributed by atoms with Gasteiger partial charge in [0.25, 0.3) is 0 Å². The second kappa shape index (κ2) is 16.0. The van der Waals surface area contributed by atoms with Gasteiger partial charge in [-0.15, -0.1) is 37.2 Å². The number of benzene rings is 2. The van der Waals surface area contributed by atoms with Crippen molar-refractivity contribution in [3.8, 4) is 0 Å². The molecule has 242 valence electrons. The van der Waals surface area contributed by atoms with Crippen molar-refractivity contribution >= 4 is 82.0 Å². The number of allylic oxidation sites excluding steroid dienone is 2. The molecule has 0 saturated heterocycles. The quantitative estimate of drug-likeness (QED) is 0.129. The van der Waals surface area contributed by atoms with Gasteiger partial charge in [-0.25, -0.2) is 0 Å². The van der Waals surface area contributed by atoms with E-state index in [0.29, 0.717) is 11.8 Å². The van der Waals surface area contributed by atoms with Crippen molar-refractivity contribution in [3.63, 3.8) is 0 Å². The summed E-state index contributed by atoms with van der Waals surface area (Å²) in [5, 5.41) is 11.0. The summed E-state index contributed by atoms with van der Waals surface area (Å²) in [5.41, 5.74) is 11.9. The Balaban J connectivity index is 0.00000154. The number of para-hydroxylation sites is 1. The summed E-state index contributed by atoms with van der Waals surface area (Å²) in [6, 6.07) is 14.9. The first kappa shape index (κ1) is 35.6. The van der Waals surface area contributed by atoms with Gasteiger partial charge in [0.2, 0.25) is 0 Å². The molecule has 2 aromatic carbocycles. The van der Waals surface area contributed by atoms with Crippen molar-refractivity contribution in [2.75, 3.05) is 23.7 Å². The van der Waals surface area contributed by atoms with Crippen LogP contribution in [0.3, 0.4) is 0 Å². The first-order valence-electron chi connectivity index (χ1n) is 16.3. The molecule has 8 heteroatoms. The standard InChI is InChI=1S/C37H43ClN4.3ClH/c1-24-19-25-21-26(20-24)35-34(22-25)42-33-23-27(38)15-16-30(33)37(35)40-18-10-4-2-3-9-17-39-36-28-11-5-7-13-31(28)41-32-14-8-6-12-29(32)36;;;/h5,7,11,13,15-16,19,23,25-26H,2-4,6,8-10,12,14,17-18,20-22H2,1H3,(H,39,41)(H,40,42);3*1H. The number of pyridine rings is 2. The molecule has 3 aliphatic rings. The highest BCUT2D eigenvalue weighted by atomic mass is 35.5. The lowest BCUT2D eigenvalue weighted by molar-refractivity contribution is 0.433. The summed E-state index contributed by atoms with van der Waals surface area (Å²) < 4.78 is 0. The fourth-order valence-corrected chi connectivity index (χ4v) is 8.02. The number of rotatable bonds is 10. The Bertz CT molecular complexity index is 1650. The Kier molecular flexibility index (Phi) is 12.7. The lowest BCUT2D eigenvalue weighted by Crippen LogP contribution is -2.24. The van der Waals surface area contributed by atoms with E-state index in [0.717, 1.165) is 54.8 Å². The smallest absolute Gasteiger partial charge is 0.0741 e. The van der Waals surface area contributed by atoms with Gasteiger partial charge in [0.15, 0.2) is 0 Å². The minimum absolute atomic E-state index is 0. The first-order valence-corrected chi connectivity index (χ1v) is 16.7. The molecule has 2 atom stereocenters. The van der Waals surface area contributed by atoms with E-state index >= 15 is 0 Å². The fraction of sp³-hybridized carbons (Fsp3) is 0.459. The van der Waals surface area contributed by atoms with E-state index in [1.807, 2.05) is 12.1 Å². The van der Waals surface area contributed by atoms with Gasteiger partial charge < -0.3 is 10.6 Å². The highest BCUT2D eigenvalue weighted by molar-refractivity contribution is 6.31. The summed E-state index contributed by atoms with van der Waals surface area (Å²) in [6.45, 7) is 4.34. The topological polar surface area (TPSA) is 49.8 Å². The number of hydrogen-bond acceptors (Lipinski definition) is 4. The summed E-state index contributed by atoms with van der Waals surface area (Å²) in [4.78, 5) is 10.1. The van der Waals surface area contributed by atoms with Gasteiger partial charge in [-0.1, -0.05) is 60.7 Å². The molecule has 3 aliphatic carbocycles. The van der Waals surface area contributed by atoms with Crippen LogP contribution in [-0.4, -0.2) is 23.1 Å². The summed E-state index contributed by atoms with van der Waals surface area (Å²) in [5.74, 6) is 1.21. The maximum atomic E-state index is 6.38. The largest absolute Gasteiger partial charge is 0.384 e. The molecule has 4 nitrogen and oxygen atoms in total. The molecule has 0 saturated carbocycles. The van der Waals surface area contributed by atoms with Gasteiger partial charge in [0.05, 0.1) is 11.0 Å². The molecule has 0 spiro atoms. The number of nitrogens with zero attached hydrogens (tertiary/aromatic N) is 2. The maximum Gasteiger partial charge on any atom is 0.0741 e. The van der Waals surface area contributed by atoms with Crippen molar-refractivity contribution in [3.05, 3.63) is 81.7 Å². The number of fused-ring (bicyclic) bond motifs is 7. The third-order valence-corrected chi connectivity index (χ3v) is 9.97. The van der Waals surface area contributed by atoms with E-state index in [1.54, 1.807) is 0 Å². The molecular formula is C37H46Cl4N4. The van der Waals surface area contributed by atoms with Crippen LogP contribution in [-0.2, 0) is 19.3 Å². The van der Waals surface area contributed by atoms with E-state index in [9.17, 15) is 0 Å². The normalized spacial score (nSPS) is 18.0. The maximum absolute atomic E-state index is 6.38. The monoisotopic (exact) mass is 686 g/mol. The molecule has 2 N–H and O–H groups in total. The van der Waals surface area contributed by atoms with Crippen molar-refractivity contribution in [1.29, 1.82) is 0 Å². The Labute approximate surface area is 291 Å². The van der Waals surface area contributed by atoms with Crippen LogP contribution in [0.25, 0.3) is 21.8 Å². The number of halogens is 4. The van der Waals surface area contributed by atoms with E-state index in [1.165, 1.54) is 102 Å². The van der Waals surface area contributed by atoms with Crippen LogP contribution in [0, 0.1) is 5.92 Å². The van der Waals surface area contributed by atoms with Gasteiger partial charge in [-0.2, -0.15) is 0 Å². The number of aromatic nitrogens is 2. The zero-order chi connectivity index (χ0) is 28.5. The average molecular weight is 689 g/mol. The zero-order valence-corrected chi connectivity index (χ0v) is 29.4.